The molecule has 1 nitrogen and oxygen atoms in total. The van der Waals surface area contributed by atoms with E-state index in [0.717, 1.165) is 5.92 Å². The molecule has 1 heterocycles. The molecule has 0 bridgehead atoms. The van der Waals surface area contributed by atoms with Crippen LogP contribution in [-0.4, -0.2) is 12.1 Å². The molecule has 0 amide bonds. The summed E-state index contributed by atoms with van der Waals surface area (Å²) in [6.07, 6.45) is 4.33. The molecule has 1 saturated heterocycles. The third-order valence-corrected chi connectivity index (χ3v) is 2.53. The first-order valence-corrected chi connectivity index (χ1v) is 3.56. The number of hydrogen-bond donors (Lipinski definition) is 1. The van der Waals surface area contributed by atoms with Crippen LogP contribution in [0.4, 0.5) is 0 Å². The molecule has 0 aromatic carbocycles. The molecule has 1 heteroatoms. The van der Waals surface area contributed by atoms with Gasteiger partial charge in [0.2, 0.25) is 0 Å². The largest absolute Gasteiger partial charge is 0.308 e. The lowest BCUT2D eigenvalue weighted by Crippen LogP contribution is -2.08. The average molecular weight is 111 g/mol. The lowest BCUT2D eigenvalue weighted by molar-refractivity contribution is 0.577. The van der Waals surface area contributed by atoms with E-state index in [1.165, 1.54) is 25.8 Å². The second kappa shape index (κ2) is 1.27. The summed E-state index contributed by atoms with van der Waals surface area (Å²) >= 11 is 0. The van der Waals surface area contributed by atoms with Gasteiger partial charge in [-0.1, -0.05) is 6.92 Å². The SMILES string of the molecule is CC1CCC2(CN2)C1. The van der Waals surface area contributed by atoms with Crippen molar-refractivity contribution in [1.29, 1.82) is 0 Å². The highest BCUT2D eigenvalue weighted by molar-refractivity contribution is 5.07. The van der Waals surface area contributed by atoms with Crippen molar-refractivity contribution in [3.63, 3.8) is 0 Å². The van der Waals surface area contributed by atoms with E-state index in [2.05, 4.69) is 12.2 Å². The minimum atomic E-state index is 0.666. The van der Waals surface area contributed by atoms with Gasteiger partial charge < -0.3 is 5.32 Å². The maximum atomic E-state index is 3.44. The highest BCUT2D eigenvalue weighted by Gasteiger charge is 2.46. The molecule has 2 atom stereocenters. The highest BCUT2D eigenvalue weighted by Crippen LogP contribution is 2.40. The molecule has 8 heavy (non-hydrogen) atoms. The Balaban J connectivity index is 2.03. The lowest BCUT2D eigenvalue weighted by atomic mass is 10.1. The highest BCUT2D eigenvalue weighted by atomic mass is 15.2. The Morgan fingerprint density at radius 2 is 2.38 bits per heavy atom. The van der Waals surface area contributed by atoms with E-state index in [0.29, 0.717) is 5.54 Å². The van der Waals surface area contributed by atoms with Gasteiger partial charge in [0.05, 0.1) is 0 Å². The quantitative estimate of drug-likeness (QED) is 0.465. The first-order chi connectivity index (χ1) is 3.81. The van der Waals surface area contributed by atoms with Gasteiger partial charge in [-0.2, -0.15) is 0 Å². The number of hydrogen-bond acceptors (Lipinski definition) is 1. The molecular formula is C7H13N. The smallest absolute Gasteiger partial charge is 0.0309 e. The fourth-order valence-corrected chi connectivity index (χ4v) is 1.84. The Labute approximate surface area is 50.5 Å². The summed E-state index contributed by atoms with van der Waals surface area (Å²) in [5.74, 6) is 0.991. The van der Waals surface area contributed by atoms with Crippen molar-refractivity contribution in [2.45, 2.75) is 31.7 Å². The van der Waals surface area contributed by atoms with Crippen LogP contribution in [-0.2, 0) is 0 Å². The molecule has 1 spiro atoms. The van der Waals surface area contributed by atoms with Crippen LogP contribution >= 0.6 is 0 Å². The van der Waals surface area contributed by atoms with E-state index < -0.39 is 0 Å². The van der Waals surface area contributed by atoms with Crippen LogP contribution in [0.15, 0.2) is 0 Å². The zero-order valence-electron chi connectivity index (χ0n) is 5.41. The van der Waals surface area contributed by atoms with Crippen molar-refractivity contribution in [2.24, 2.45) is 5.92 Å². The minimum absolute atomic E-state index is 0.666. The molecule has 1 aliphatic carbocycles. The van der Waals surface area contributed by atoms with Gasteiger partial charge in [-0.15, -0.1) is 0 Å². The van der Waals surface area contributed by atoms with Gasteiger partial charge in [0.15, 0.2) is 0 Å². The van der Waals surface area contributed by atoms with Gasteiger partial charge in [0, 0.05) is 12.1 Å². The van der Waals surface area contributed by atoms with Crippen molar-refractivity contribution in [3.8, 4) is 0 Å². The summed E-state index contributed by atoms with van der Waals surface area (Å²) in [5, 5.41) is 3.44. The first-order valence-electron chi connectivity index (χ1n) is 3.56. The van der Waals surface area contributed by atoms with Crippen LogP contribution in [0, 0.1) is 5.92 Å². The fraction of sp³-hybridized carbons (Fsp3) is 1.00. The van der Waals surface area contributed by atoms with Gasteiger partial charge in [-0.05, 0) is 25.2 Å². The summed E-state index contributed by atoms with van der Waals surface area (Å²) in [6.45, 7) is 3.66. The van der Waals surface area contributed by atoms with Gasteiger partial charge >= 0.3 is 0 Å². The topological polar surface area (TPSA) is 21.9 Å². The van der Waals surface area contributed by atoms with E-state index in [1.807, 2.05) is 0 Å². The molecule has 46 valence electrons. The molecule has 2 fully saturated rings. The van der Waals surface area contributed by atoms with Crippen LogP contribution in [0.1, 0.15) is 26.2 Å². The normalized spacial score (nSPS) is 52.9. The average Bonchev–Trinajstić information content (AvgIpc) is 2.34. The Bertz CT molecular complexity index is 105. The van der Waals surface area contributed by atoms with Crippen molar-refractivity contribution in [2.75, 3.05) is 6.54 Å². The summed E-state index contributed by atoms with van der Waals surface area (Å²) in [5.41, 5.74) is 0.666. The number of nitrogens with one attached hydrogen (secondary N) is 1. The number of rotatable bonds is 0. The van der Waals surface area contributed by atoms with Gasteiger partial charge in [0.25, 0.3) is 0 Å². The van der Waals surface area contributed by atoms with Crippen molar-refractivity contribution >= 4 is 0 Å². The Morgan fingerprint density at radius 1 is 1.62 bits per heavy atom. The minimum Gasteiger partial charge on any atom is -0.308 e. The van der Waals surface area contributed by atoms with Gasteiger partial charge in [-0.25, -0.2) is 0 Å². The first kappa shape index (κ1) is 4.80. The molecule has 0 aromatic heterocycles. The zero-order valence-corrected chi connectivity index (χ0v) is 5.41. The van der Waals surface area contributed by atoms with Crippen molar-refractivity contribution in [3.05, 3.63) is 0 Å². The maximum absolute atomic E-state index is 3.44. The summed E-state index contributed by atoms with van der Waals surface area (Å²) < 4.78 is 0. The second-order valence-corrected chi connectivity index (χ2v) is 3.48. The molecule has 1 N–H and O–H groups in total. The van der Waals surface area contributed by atoms with Crippen LogP contribution < -0.4 is 5.32 Å². The molecule has 2 unspecified atom stereocenters. The summed E-state index contributed by atoms with van der Waals surface area (Å²) in [6, 6.07) is 0. The fourth-order valence-electron chi connectivity index (χ4n) is 1.84. The third-order valence-electron chi connectivity index (χ3n) is 2.53. The summed E-state index contributed by atoms with van der Waals surface area (Å²) in [4.78, 5) is 0. The molecule has 1 aliphatic heterocycles. The second-order valence-electron chi connectivity index (χ2n) is 3.48. The monoisotopic (exact) mass is 111 g/mol. The molecule has 2 rings (SSSR count). The van der Waals surface area contributed by atoms with Crippen molar-refractivity contribution in [1.82, 2.24) is 5.32 Å². The molecular weight excluding hydrogens is 98.1 g/mol. The summed E-state index contributed by atoms with van der Waals surface area (Å²) in [7, 11) is 0. The predicted octanol–water partition coefficient (Wildman–Crippen LogP) is 1.15. The van der Waals surface area contributed by atoms with Gasteiger partial charge in [0.1, 0.15) is 0 Å². The Hall–Kier alpha value is -0.0400. The van der Waals surface area contributed by atoms with Crippen LogP contribution in [0.25, 0.3) is 0 Å². The molecule has 2 aliphatic rings. The van der Waals surface area contributed by atoms with Crippen LogP contribution in [0.2, 0.25) is 0 Å². The Morgan fingerprint density at radius 3 is 2.62 bits per heavy atom. The molecule has 0 radical (unpaired) electrons. The predicted molar refractivity (Wildman–Crippen MR) is 33.7 cm³/mol. The maximum Gasteiger partial charge on any atom is 0.0309 e. The van der Waals surface area contributed by atoms with Gasteiger partial charge in [-0.3, -0.25) is 0 Å². The van der Waals surface area contributed by atoms with E-state index in [1.54, 1.807) is 0 Å². The Kier molecular flexibility index (Phi) is 0.762. The van der Waals surface area contributed by atoms with E-state index >= 15 is 0 Å². The molecule has 1 saturated carbocycles. The molecule has 0 aromatic rings. The van der Waals surface area contributed by atoms with Crippen LogP contribution in [0.5, 0.6) is 0 Å². The standard InChI is InChI=1S/C7H13N/c1-6-2-3-7(4-6)5-8-7/h6,8H,2-5H2,1H3. The van der Waals surface area contributed by atoms with E-state index in [4.69, 9.17) is 0 Å². The lowest BCUT2D eigenvalue weighted by Gasteiger charge is -1.99. The van der Waals surface area contributed by atoms with Crippen LogP contribution in [0.3, 0.4) is 0 Å². The van der Waals surface area contributed by atoms with E-state index in [-0.39, 0.29) is 0 Å². The third kappa shape index (κ3) is 0.576. The van der Waals surface area contributed by atoms with Crippen molar-refractivity contribution < 1.29 is 0 Å². The zero-order chi connectivity index (χ0) is 5.61. The van der Waals surface area contributed by atoms with E-state index in [9.17, 15) is 0 Å².